The number of ether oxygens (including phenoxy) is 1. The van der Waals surface area contributed by atoms with Crippen molar-refractivity contribution in [3.8, 4) is 5.75 Å². The zero-order valence-electron chi connectivity index (χ0n) is 16.0. The summed E-state index contributed by atoms with van der Waals surface area (Å²) in [5.41, 5.74) is 1.98. The molecule has 2 aromatic carbocycles. The fourth-order valence-electron chi connectivity index (χ4n) is 3.73. The van der Waals surface area contributed by atoms with Gasteiger partial charge < -0.3 is 19.1 Å². The Kier molecular flexibility index (Phi) is 5.19. The predicted octanol–water partition coefficient (Wildman–Crippen LogP) is 3.53. The number of anilines is 1. The van der Waals surface area contributed by atoms with Gasteiger partial charge in [0.15, 0.2) is 0 Å². The Morgan fingerprint density at radius 2 is 1.79 bits per heavy atom. The van der Waals surface area contributed by atoms with Crippen LogP contribution in [-0.4, -0.2) is 48.7 Å². The van der Waals surface area contributed by atoms with Gasteiger partial charge in [-0.25, -0.2) is 4.39 Å². The van der Waals surface area contributed by atoms with E-state index in [9.17, 15) is 9.18 Å². The summed E-state index contributed by atoms with van der Waals surface area (Å²) in [5.74, 6) is 0.732. The van der Waals surface area contributed by atoms with E-state index >= 15 is 0 Å². The second kappa shape index (κ2) is 7.92. The van der Waals surface area contributed by atoms with Gasteiger partial charge in [-0.2, -0.15) is 0 Å². The number of amides is 1. The average Bonchev–Trinajstić information content (AvgIpc) is 3.14. The maximum absolute atomic E-state index is 13.5. The molecule has 1 amide bonds. The minimum Gasteiger partial charge on any atom is -0.497 e. The van der Waals surface area contributed by atoms with Crippen LogP contribution in [0.2, 0.25) is 0 Å². The summed E-state index contributed by atoms with van der Waals surface area (Å²) < 4.78 is 20.7. The monoisotopic (exact) mass is 381 g/mol. The summed E-state index contributed by atoms with van der Waals surface area (Å²) in [5, 5.41) is 0.988. The number of rotatable bonds is 5. The molecule has 0 radical (unpaired) electrons. The van der Waals surface area contributed by atoms with Crippen LogP contribution in [0.5, 0.6) is 5.75 Å². The van der Waals surface area contributed by atoms with E-state index in [0.29, 0.717) is 26.1 Å². The van der Waals surface area contributed by atoms with Crippen LogP contribution >= 0.6 is 0 Å². The van der Waals surface area contributed by atoms with Crippen molar-refractivity contribution >= 4 is 22.5 Å². The molecule has 1 fully saturated rings. The molecule has 0 N–H and O–H groups in total. The predicted molar refractivity (Wildman–Crippen MR) is 108 cm³/mol. The topological polar surface area (TPSA) is 37.7 Å². The molecule has 146 valence electrons. The number of nitrogens with zero attached hydrogens (tertiary/aromatic N) is 3. The molecule has 0 bridgehead atoms. The first-order valence-electron chi connectivity index (χ1n) is 9.55. The molecule has 0 saturated carbocycles. The third-order valence-electron chi connectivity index (χ3n) is 5.37. The molecule has 0 atom stereocenters. The first kappa shape index (κ1) is 18.3. The highest BCUT2D eigenvalue weighted by molar-refractivity contribution is 5.81. The smallest absolute Gasteiger partial charge is 0.224 e. The highest BCUT2D eigenvalue weighted by atomic mass is 19.1. The second-order valence-electron chi connectivity index (χ2n) is 7.03. The molecule has 0 unspecified atom stereocenters. The Morgan fingerprint density at radius 3 is 2.50 bits per heavy atom. The second-order valence-corrected chi connectivity index (χ2v) is 7.03. The van der Waals surface area contributed by atoms with Crippen LogP contribution in [0.1, 0.15) is 6.42 Å². The van der Waals surface area contributed by atoms with E-state index in [-0.39, 0.29) is 11.7 Å². The summed E-state index contributed by atoms with van der Waals surface area (Å²) in [7, 11) is 1.66. The molecule has 28 heavy (non-hydrogen) atoms. The van der Waals surface area contributed by atoms with Crippen molar-refractivity contribution in [2.24, 2.45) is 0 Å². The minimum absolute atomic E-state index is 0.146. The van der Waals surface area contributed by atoms with Crippen LogP contribution in [0.15, 0.2) is 54.7 Å². The zero-order chi connectivity index (χ0) is 19.5. The largest absolute Gasteiger partial charge is 0.497 e. The number of carbonyl (C=O) groups is 1. The lowest BCUT2D eigenvalue weighted by molar-refractivity contribution is -0.131. The number of aryl methyl sites for hydroxylation is 1. The SMILES string of the molecule is COc1ccc(N2CCN(C(=O)CCn3ccc4ccc(F)cc43)CC2)cc1. The number of aromatic nitrogens is 1. The molecule has 3 aromatic rings. The van der Waals surface area contributed by atoms with E-state index in [1.165, 1.54) is 12.1 Å². The Hall–Kier alpha value is -3.02. The molecule has 0 aliphatic carbocycles. The van der Waals surface area contributed by atoms with Gasteiger partial charge >= 0.3 is 0 Å². The molecule has 6 heteroatoms. The Bertz CT molecular complexity index is 960. The van der Waals surface area contributed by atoms with Crippen molar-refractivity contribution in [2.75, 3.05) is 38.2 Å². The number of piperazine rings is 1. The van der Waals surface area contributed by atoms with Crippen LogP contribution in [0, 0.1) is 5.82 Å². The molecule has 1 aliphatic heterocycles. The Morgan fingerprint density at radius 1 is 1.04 bits per heavy atom. The van der Waals surface area contributed by atoms with Crippen LogP contribution in [0.25, 0.3) is 10.9 Å². The third-order valence-corrected chi connectivity index (χ3v) is 5.37. The quantitative estimate of drug-likeness (QED) is 0.679. The lowest BCUT2D eigenvalue weighted by Gasteiger charge is -2.36. The van der Waals surface area contributed by atoms with E-state index in [0.717, 1.165) is 35.4 Å². The summed E-state index contributed by atoms with van der Waals surface area (Å²) in [6.45, 7) is 3.62. The van der Waals surface area contributed by atoms with E-state index in [2.05, 4.69) is 4.90 Å². The highest BCUT2D eigenvalue weighted by Crippen LogP contribution is 2.21. The molecular formula is C22H24FN3O2. The fraction of sp³-hybridized carbons (Fsp3) is 0.318. The zero-order valence-corrected chi connectivity index (χ0v) is 16.0. The van der Waals surface area contributed by atoms with Crippen molar-refractivity contribution in [2.45, 2.75) is 13.0 Å². The Balaban J connectivity index is 1.31. The van der Waals surface area contributed by atoms with Gasteiger partial charge in [0.2, 0.25) is 5.91 Å². The number of halogens is 1. The molecule has 0 spiro atoms. The fourth-order valence-corrected chi connectivity index (χ4v) is 3.73. The molecule has 1 aromatic heterocycles. The van der Waals surface area contributed by atoms with Gasteiger partial charge in [0.25, 0.3) is 0 Å². The molecular weight excluding hydrogens is 357 g/mol. The van der Waals surface area contributed by atoms with Gasteiger partial charge in [0.1, 0.15) is 11.6 Å². The van der Waals surface area contributed by atoms with Crippen molar-refractivity contribution in [1.82, 2.24) is 9.47 Å². The minimum atomic E-state index is -0.256. The number of methoxy groups -OCH3 is 1. The first-order chi connectivity index (χ1) is 13.6. The van der Waals surface area contributed by atoms with Crippen molar-refractivity contribution in [3.63, 3.8) is 0 Å². The van der Waals surface area contributed by atoms with Gasteiger partial charge in [-0.05, 0) is 53.9 Å². The van der Waals surface area contributed by atoms with Crippen LogP contribution in [0.3, 0.4) is 0 Å². The van der Waals surface area contributed by atoms with Crippen molar-refractivity contribution in [1.29, 1.82) is 0 Å². The number of benzene rings is 2. The van der Waals surface area contributed by atoms with Crippen LogP contribution in [-0.2, 0) is 11.3 Å². The molecule has 1 aliphatic rings. The number of carbonyl (C=O) groups excluding carboxylic acids is 1. The number of fused-ring (bicyclic) bond motifs is 1. The summed E-state index contributed by atoms with van der Waals surface area (Å²) in [6.07, 6.45) is 2.34. The summed E-state index contributed by atoms with van der Waals surface area (Å²) in [4.78, 5) is 16.8. The summed E-state index contributed by atoms with van der Waals surface area (Å²) >= 11 is 0. The van der Waals surface area contributed by atoms with Gasteiger partial charge in [0.05, 0.1) is 12.6 Å². The lowest BCUT2D eigenvalue weighted by atomic mass is 10.2. The average molecular weight is 381 g/mol. The van der Waals surface area contributed by atoms with Gasteiger partial charge in [-0.1, -0.05) is 0 Å². The van der Waals surface area contributed by atoms with Crippen LogP contribution in [0.4, 0.5) is 10.1 Å². The molecule has 1 saturated heterocycles. The maximum Gasteiger partial charge on any atom is 0.224 e. The van der Waals surface area contributed by atoms with E-state index in [4.69, 9.17) is 4.74 Å². The summed E-state index contributed by atoms with van der Waals surface area (Å²) in [6, 6.07) is 14.7. The molecule has 2 heterocycles. The van der Waals surface area contributed by atoms with Crippen LogP contribution < -0.4 is 9.64 Å². The lowest BCUT2D eigenvalue weighted by Crippen LogP contribution is -2.48. The van der Waals surface area contributed by atoms with E-state index in [1.807, 2.05) is 46.0 Å². The number of hydrogen-bond donors (Lipinski definition) is 0. The maximum atomic E-state index is 13.5. The third kappa shape index (κ3) is 3.81. The standard InChI is InChI=1S/C22H24FN3O2/c1-28-20-6-4-19(5-7-20)24-12-14-26(15-13-24)22(27)9-11-25-10-8-17-2-3-18(23)16-21(17)25/h2-8,10,16H,9,11-15H2,1H3. The van der Waals surface area contributed by atoms with E-state index in [1.54, 1.807) is 13.2 Å². The van der Waals surface area contributed by atoms with Crippen molar-refractivity contribution < 1.29 is 13.9 Å². The molecule has 4 rings (SSSR count). The normalized spacial score (nSPS) is 14.5. The van der Waals surface area contributed by atoms with Gasteiger partial charge in [-0.15, -0.1) is 0 Å². The van der Waals surface area contributed by atoms with Crippen molar-refractivity contribution in [3.05, 3.63) is 60.5 Å². The number of hydrogen-bond acceptors (Lipinski definition) is 3. The molecule has 5 nitrogen and oxygen atoms in total. The highest BCUT2D eigenvalue weighted by Gasteiger charge is 2.21. The van der Waals surface area contributed by atoms with E-state index < -0.39 is 0 Å². The van der Waals surface area contributed by atoms with Gasteiger partial charge in [-0.3, -0.25) is 4.79 Å². The van der Waals surface area contributed by atoms with Gasteiger partial charge in [0, 0.05) is 51.0 Å². The first-order valence-corrected chi connectivity index (χ1v) is 9.55. The Labute approximate surface area is 163 Å².